The normalized spacial score (nSPS) is 58.2. The molecule has 0 spiro atoms. The fourth-order valence-corrected chi connectivity index (χ4v) is 8.81. The zero-order valence-electron chi connectivity index (χ0n) is 17.0. The molecule has 142 valence electrons. The highest BCUT2D eigenvalue weighted by Gasteiger charge is 2.63. The highest BCUT2D eigenvalue weighted by Crippen LogP contribution is 2.69. The van der Waals surface area contributed by atoms with E-state index < -0.39 is 5.60 Å². The van der Waals surface area contributed by atoms with Gasteiger partial charge in [0.2, 0.25) is 0 Å². The van der Waals surface area contributed by atoms with E-state index in [-0.39, 0.29) is 5.41 Å². The fraction of sp³-hybridized carbons (Fsp3) is 0.957. The number of Topliss-reactive ketones (excluding diaryl/α,β-unsaturated/α-hetero) is 1. The molecule has 4 aliphatic rings. The highest BCUT2D eigenvalue weighted by molar-refractivity contribution is 5.79. The van der Waals surface area contributed by atoms with Gasteiger partial charge in [-0.1, -0.05) is 20.8 Å². The lowest BCUT2D eigenvalue weighted by Crippen LogP contribution is -2.58. The summed E-state index contributed by atoms with van der Waals surface area (Å²) in [6.45, 7) is 11.4. The molecule has 1 unspecified atom stereocenters. The molecular formula is C23H38O2. The molecule has 4 saturated carbocycles. The summed E-state index contributed by atoms with van der Waals surface area (Å²) >= 11 is 0. The Morgan fingerprint density at radius 1 is 0.960 bits per heavy atom. The molecule has 0 heterocycles. The molecular weight excluding hydrogens is 308 g/mol. The van der Waals surface area contributed by atoms with Gasteiger partial charge in [0, 0.05) is 5.92 Å². The zero-order valence-corrected chi connectivity index (χ0v) is 17.0. The van der Waals surface area contributed by atoms with Gasteiger partial charge in [0.25, 0.3) is 0 Å². The zero-order chi connectivity index (χ0) is 18.2. The topological polar surface area (TPSA) is 37.3 Å². The second-order valence-corrected chi connectivity index (χ2v) is 11.2. The molecule has 4 aliphatic carbocycles. The van der Waals surface area contributed by atoms with Gasteiger partial charge in [-0.25, -0.2) is 0 Å². The van der Waals surface area contributed by atoms with Gasteiger partial charge in [-0.05, 0) is 106 Å². The first-order chi connectivity index (χ1) is 11.6. The lowest BCUT2D eigenvalue weighted by molar-refractivity contribution is -0.167. The first kappa shape index (κ1) is 18.0. The number of hydrogen-bond acceptors (Lipinski definition) is 2. The fourth-order valence-electron chi connectivity index (χ4n) is 8.81. The molecule has 0 amide bonds. The molecule has 0 radical (unpaired) electrons. The van der Waals surface area contributed by atoms with E-state index in [9.17, 15) is 9.90 Å². The Labute approximate surface area is 154 Å². The number of carbonyl (C=O) groups excluding carboxylic acids is 1. The maximum atomic E-state index is 12.3. The Kier molecular flexibility index (Phi) is 4.01. The van der Waals surface area contributed by atoms with Crippen LogP contribution in [0.15, 0.2) is 0 Å². The lowest BCUT2D eigenvalue weighted by Gasteiger charge is -2.63. The number of carbonyl (C=O) groups is 1. The second kappa shape index (κ2) is 5.57. The number of fused-ring (bicyclic) bond motifs is 5. The standard InChI is InChI=1S/C23H38O2/c1-14-12-23(5)18(15(2)24)8-9-19(23)17-7-6-16-13-21(3,25)10-11-22(16,4)20(14)17/h14,16-20,25H,6-13H2,1-5H3/t14?,16-,17-,18+,19-,20-,21+,22-,23+/m0/s1. The summed E-state index contributed by atoms with van der Waals surface area (Å²) in [5.74, 6) is 4.50. The quantitative estimate of drug-likeness (QED) is 0.706. The molecule has 0 aliphatic heterocycles. The van der Waals surface area contributed by atoms with Crippen molar-refractivity contribution in [3.05, 3.63) is 0 Å². The largest absolute Gasteiger partial charge is 0.390 e. The van der Waals surface area contributed by atoms with Crippen LogP contribution in [0.1, 0.15) is 86.0 Å². The van der Waals surface area contributed by atoms with Crippen molar-refractivity contribution in [1.82, 2.24) is 0 Å². The van der Waals surface area contributed by atoms with Crippen LogP contribution in [0.4, 0.5) is 0 Å². The number of hydrogen-bond donors (Lipinski definition) is 1. The Morgan fingerprint density at radius 3 is 2.36 bits per heavy atom. The molecule has 1 N–H and O–H groups in total. The minimum atomic E-state index is -0.448. The van der Waals surface area contributed by atoms with Gasteiger partial charge in [-0.2, -0.15) is 0 Å². The van der Waals surface area contributed by atoms with Gasteiger partial charge < -0.3 is 5.11 Å². The molecule has 4 rings (SSSR count). The van der Waals surface area contributed by atoms with Crippen LogP contribution < -0.4 is 0 Å². The van der Waals surface area contributed by atoms with Crippen molar-refractivity contribution in [1.29, 1.82) is 0 Å². The average Bonchev–Trinajstić information content (AvgIpc) is 2.84. The molecule has 2 nitrogen and oxygen atoms in total. The van der Waals surface area contributed by atoms with Crippen LogP contribution in [-0.2, 0) is 4.79 Å². The molecule has 25 heavy (non-hydrogen) atoms. The average molecular weight is 347 g/mol. The van der Waals surface area contributed by atoms with Crippen LogP contribution >= 0.6 is 0 Å². The molecule has 0 saturated heterocycles. The van der Waals surface area contributed by atoms with Crippen molar-refractivity contribution in [2.45, 2.75) is 91.6 Å². The molecule has 2 heteroatoms. The van der Waals surface area contributed by atoms with E-state index in [0.717, 1.165) is 37.0 Å². The van der Waals surface area contributed by atoms with E-state index >= 15 is 0 Å². The molecule has 9 atom stereocenters. The van der Waals surface area contributed by atoms with Crippen molar-refractivity contribution < 1.29 is 9.90 Å². The van der Waals surface area contributed by atoms with Gasteiger partial charge in [-0.15, -0.1) is 0 Å². The van der Waals surface area contributed by atoms with E-state index in [1.165, 1.54) is 32.1 Å². The van der Waals surface area contributed by atoms with Crippen molar-refractivity contribution in [2.24, 2.45) is 46.3 Å². The predicted octanol–water partition coefficient (Wildman–Crippen LogP) is 5.23. The van der Waals surface area contributed by atoms with Crippen LogP contribution in [0.25, 0.3) is 0 Å². The third-order valence-corrected chi connectivity index (χ3v) is 9.68. The van der Waals surface area contributed by atoms with Gasteiger partial charge in [-0.3, -0.25) is 4.79 Å². The summed E-state index contributed by atoms with van der Waals surface area (Å²) in [5.41, 5.74) is 0.201. The Bertz CT molecular complexity index is 566. The van der Waals surface area contributed by atoms with Crippen LogP contribution in [0, 0.1) is 46.3 Å². The number of ketones is 1. The summed E-state index contributed by atoms with van der Waals surface area (Å²) in [7, 11) is 0. The maximum absolute atomic E-state index is 12.3. The van der Waals surface area contributed by atoms with E-state index in [4.69, 9.17) is 0 Å². The van der Waals surface area contributed by atoms with Gasteiger partial charge in [0.05, 0.1) is 5.60 Å². The number of aliphatic hydroxyl groups is 1. The minimum Gasteiger partial charge on any atom is -0.390 e. The number of rotatable bonds is 1. The van der Waals surface area contributed by atoms with Crippen LogP contribution in [0.3, 0.4) is 0 Å². The third-order valence-electron chi connectivity index (χ3n) is 9.68. The smallest absolute Gasteiger partial charge is 0.133 e. The summed E-state index contributed by atoms with van der Waals surface area (Å²) in [6.07, 6.45) is 9.41. The van der Waals surface area contributed by atoms with Gasteiger partial charge >= 0.3 is 0 Å². The first-order valence-corrected chi connectivity index (χ1v) is 10.8. The van der Waals surface area contributed by atoms with E-state index in [2.05, 4.69) is 27.7 Å². The third kappa shape index (κ3) is 2.49. The van der Waals surface area contributed by atoms with Gasteiger partial charge in [0.15, 0.2) is 0 Å². The van der Waals surface area contributed by atoms with Crippen LogP contribution in [0.5, 0.6) is 0 Å². The van der Waals surface area contributed by atoms with Crippen molar-refractivity contribution >= 4 is 5.78 Å². The monoisotopic (exact) mass is 346 g/mol. The molecule has 0 aromatic heterocycles. The Morgan fingerprint density at radius 2 is 1.68 bits per heavy atom. The van der Waals surface area contributed by atoms with E-state index in [1.807, 2.05) is 6.92 Å². The summed E-state index contributed by atoms with van der Waals surface area (Å²) in [4.78, 5) is 12.3. The van der Waals surface area contributed by atoms with Crippen molar-refractivity contribution in [3.8, 4) is 0 Å². The highest BCUT2D eigenvalue weighted by atomic mass is 16.3. The van der Waals surface area contributed by atoms with Crippen LogP contribution in [-0.4, -0.2) is 16.5 Å². The minimum absolute atomic E-state index is 0.246. The Hall–Kier alpha value is -0.370. The first-order valence-electron chi connectivity index (χ1n) is 10.8. The lowest BCUT2D eigenvalue weighted by atomic mass is 9.41. The van der Waals surface area contributed by atoms with Gasteiger partial charge in [0.1, 0.15) is 5.78 Å². The summed E-state index contributed by atoms with van der Waals surface area (Å²) < 4.78 is 0. The van der Waals surface area contributed by atoms with Crippen LogP contribution in [0.2, 0.25) is 0 Å². The maximum Gasteiger partial charge on any atom is 0.133 e. The van der Waals surface area contributed by atoms with Crippen molar-refractivity contribution in [2.75, 3.05) is 0 Å². The molecule has 4 fully saturated rings. The molecule has 0 aromatic carbocycles. The summed E-state index contributed by atoms with van der Waals surface area (Å²) in [6, 6.07) is 0. The predicted molar refractivity (Wildman–Crippen MR) is 101 cm³/mol. The molecule has 0 bridgehead atoms. The Balaban J connectivity index is 1.66. The summed E-state index contributed by atoms with van der Waals surface area (Å²) in [5, 5.41) is 10.6. The SMILES string of the molecule is CC(=O)[C@H]1CC[C@H]2[C@@H]3CC[C@H]4C[C@](C)(O)CC[C@]4(C)[C@H]3C(C)C[C@]12C. The van der Waals surface area contributed by atoms with E-state index in [0.29, 0.717) is 29.0 Å². The van der Waals surface area contributed by atoms with Crippen molar-refractivity contribution in [3.63, 3.8) is 0 Å². The second-order valence-electron chi connectivity index (χ2n) is 11.2. The van der Waals surface area contributed by atoms with E-state index in [1.54, 1.807) is 0 Å². The molecule has 0 aromatic rings.